The summed E-state index contributed by atoms with van der Waals surface area (Å²) >= 11 is 0. The molecular formula is C19H17F3N2O3S. The summed E-state index contributed by atoms with van der Waals surface area (Å²) in [4.78, 5) is 11.7. The number of carbonyl (C=O) groups is 1. The second-order valence-electron chi connectivity index (χ2n) is 5.81. The summed E-state index contributed by atoms with van der Waals surface area (Å²) in [7, 11) is -3.95. The molecule has 0 fully saturated rings. The Kier molecular flexibility index (Phi) is 7.11. The topological polar surface area (TPSA) is 75.6 Å². The Hall–Kier alpha value is -2.94. The maximum Gasteiger partial charge on any atom is 0.416 e. The highest BCUT2D eigenvalue weighted by molar-refractivity contribution is 7.91. The van der Waals surface area contributed by atoms with Crippen molar-refractivity contribution < 1.29 is 26.4 Å². The highest BCUT2D eigenvalue weighted by Crippen LogP contribution is 2.29. The molecule has 2 rings (SSSR count). The minimum Gasteiger partial charge on any atom is -0.272 e. The molecule has 148 valence electrons. The van der Waals surface area contributed by atoms with Crippen LogP contribution in [0.5, 0.6) is 0 Å². The zero-order valence-corrected chi connectivity index (χ0v) is 15.4. The summed E-state index contributed by atoms with van der Waals surface area (Å²) in [6.45, 7) is 0. The Morgan fingerprint density at radius 3 is 2.46 bits per heavy atom. The predicted molar refractivity (Wildman–Crippen MR) is 101 cm³/mol. The molecule has 0 saturated carbocycles. The molecule has 28 heavy (non-hydrogen) atoms. The molecule has 0 aromatic heterocycles. The first-order chi connectivity index (χ1) is 13.2. The van der Waals surface area contributed by atoms with E-state index < -0.39 is 39.0 Å². The van der Waals surface area contributed by atoms with Gasteiger partial charge in [0, 0.05) is 6.21 Å². The van der Waals surface area contributed by atoms with E-state index >= 15 is 0 Å². The number of allylic oxidation sites excluding steroid dienone is 1. The van der Waals surface area contributed by atoms with Gasteiger partial charge in [-0.15, -0.1) is 0 Å². The smallest absolute Gasteiger partial charge is 0.272 e. The minimum absolute atomic E-state index is 0.0445. The lowest BCUT2D eigenvalue weighted by atomic mass is 10.1. The number of rotatable bonds is 7. The lowest BCUT2D eigenvalue weighted by Gasteiger charge is -2.09. The predicted octanol–water partition coefficient (Wildman–Crippen LogP) is 3.44. The van der Waals surface area contributed by atoms with Crippen LogP contribution in [0.4, 0.5) is 13.2 Å². The van der Waals surface area contributed by atoms with Crippen molar-refractivity contribution in [3.8, 4) is 0 Å². The fourth-order valence-electron chi connectivity index (χ4n) is 2.25. The van der Waals surface area contributed by atoms with Crippen molar-refractivity contribution in [1.29, 1.82) is 0 Å². The molecule has 0 aliphatic carbocycles. The number of benzene rings is 2. The third-order valence-electron chi connectivity index (χ3n) is 3.43. The highest BCUT2D eigenvalue weighted by Gasteiger charge is 2.30. The van der Waals surface area contributed by atoms with E-state index in [2.05, 4.69) is 10.5 Å². The third-order valence-corrected chi connectivity index (χ3v) is 4.91. The number of nitrogens with zero attached hydrogens (tertiary/aromatic N) is 1. The molecular weight excluding hydrogens is 393 g/mol. The quantitative estimate of drug-likeness (QED) is 0.561. The van der Waals surface area contributed by atoms with E-state index in [-0.39, 0.29) is 5.56 Å². The minimum atomic E-state index is -4.57. The van der Waals surface area contributed by atoms with Crippen LogP contribution in [-0.2, 0) is 26.6 Å². The maximum absolute atomic E-state index is 12.7. The van der Waals surface area contributed by atoms with Gasteiger partial charge in [0.05, 0.1) is 11.3 Å². The van der Waals surface area contributed by atoms with Crippen LogP contribution < -0.4 is 5.43 Å². The lowest BCUT2D eigenvalue weighted by molar-refractivity contribution is -0.137. The van der Waals surface area contributed by atoms with Crippen LogP contribution in [0.3, 0.4) is 0 Å². The van der Waals surface area contributed by atoms with E-state index in [1.807, 2.05) is 30.3 Å². The van der Waals surface area contributed by atoms with E-state index in [4.69, 9.17) is 0 Å². The standard InChI is InChI=1S/C19H17F3N2O3S/c20-19(21,22)17-10-4-8-16(12-17)13-28(26,27)14-18(25)24-23-11-5-9-15-6-2-1-3-7-15/h1-12H,13-14H2,(H,24,25). The van der Waals surface area contributed by atoms with Gasteiger partial charge in [-0.05, 0) is 23.3 Å². The number of carbonyl (C=O) groups excluding carboxylic acids is 1. The van der Waals surface area contributed by atoms with Crippen LogP contribution in [0.25, 0.3) is 6.08 Å². The number of sulfone groups is 1. The van der Waals surface area contributed by atoms with Gasteiger partial charge in [-0.25, -0.2) is 13.8 Å². The summed E-state index contributed by atoms with van der Waals surface area (Å²) < 4.78 is 62.1. The van der Waals surface area contributed by atoms with E-state index in [0.29, 0.717) is 0 Å². The summed E-state index contributed by atoms with van der Waals surface area (Å²) in [6.07, 6.45) is 0.0102. The second kappa shape index (κ2) is 9.32. The van der Waals surface area contributed by atoms with E-state index in [0.717, 1.165) is 23.8 Å². The fraction of sp³-hybridized carbons (Fsp3) is 0.158. The van der Waals surface area contributed by atoms with Crippen LogP contribution in [0.15, 0.2) is 65.8 Å². The van der Waals surface area contributed by atoms with Crippen LogP contribution in [0.1, 0.15) is 16.7 Å². The van der Waals surface area contributed by atoms with E-state index in [1.54, 1.807) is 12.2 Å². The van der Waals surface area contributed by atoms with Crippen molar-refractivity contribution >= 4 is 28.0 Å². The molecule has 9 heteroatoms. The van der Waals surface area contributed by atoms with Gasteiger partial charge in [-0.1, -0.05) is 54.6 Å². The number of nitrogens with one attached hydrogen (secondary N) is 1. The van der Waals surface area contributed by atoms with Crippen molar-refractivity contribution in [1.82, 2.24) is 5.43 Å². The lowest BCUT2D eigenvalue weighted by Crippen LogP contribution is -2.27. The summed E-state index contributed by atoms with van der Waals surface area (Å²) in [5, 5.41) is 3.60. The van der Waals surface area contributed by atoms with Crippen molar-refractivity contribution in [2.24, 2.45) is 5.10 Å². The first kappa shape index (κ1) is 21.4. The monoisotopic (exact) mass is 410 g/mol. The van der Waals surface area contributed by atoms with Gasteiger partial charge >= 0.3 is 6.18 Å². The molecule has 0 radical (unpaired) electrons. The molecule has 0 unspecified atom stereocenters. The number of amides is 1. The van der Waals surface area contributed by atoms with Crippen LogP contribution in [0.2, 0.25) is 0 Å². The zero-order chi connectivity index (χ0) is 20.6. The molecule has 0 spiro atoms. The third kappa shape index (κ3) is 7.36. The van der Waals surface area contributed by atoms with Crippen LogP contribution >= 0.6 is 0 Å². The second-order valence-corrected chi connectivity index (χ2v) is 7.88. The normalized spacial score (nSPS) is 12.5. The average Bonchev–Trinajstić information content (AvgIpc) is 2.61. The Labute approximate surface area is 160 Å². The molecule has 1 N–H and O–H groups in total. The van der Waals surface area contributed by atoms with Crippen molar-refractivity contribution in [3.63, 3.8) is 0 Å². The fourth-order valence-corrected chi connectivity index (χ4v) is 3.50. The first-order valence-corrected chi connectivity index (χ1v) is 9.88. The number of hydrogen-bond donors (Lipinski definition) is 1. The molecule has 0 atom stereocenters. The SMILES string of the molecule is O=C(CS(=O)(=O)Cc1cccc(C(F)(F)F)c1)NN=CC=Cc1ccccc1. The molecule has 0 heterocycles. The number of alkyl halides is 3. The van der Waals surface area contributed by atoms with Gasteiger partial charge in [0.2, 0.25) is 0 Å². The number of hydrazone groups is 1. The van der Waals surface area contributed by atoms with E-state index in [1.165, 1.54) is 12.3 Å². The molecule has 1 amide bonds. The zero-order valence-electron chi connectivity index (χ0n) is 14.6. The van der Waals surface area contributed by atoms with Gasteiger partial charge < -0.3 is 0 Å². The molecule has 2 aromatic carbocycles. The van der Waals surface area contributed by atoms with Gasteiger partial charge in [0.15, 0.2) is 9.84 Å². The Balaban J connectivity index is 1.88. The van der Waals surface area contributed by atoms with Crippen molar-refractivity contribution in [3.05, 3.63) is 77.4 Å². The average molecular weight is 410 g/mol. The van der Waals surface area contributed by atoms with Gasteiger partial charge in [-0.2, -0.15) is 18.3 Å². The molecule has 0 saturated heterocycles. The molecule has 0 bridgehead atoms. The number of hydrogen-bond acceptors (Lipinski definition) is 4. The van der Waals surface area contributed by atoms with E-state index in [9.17, 15) is 26.4 Å². The van der Waals surface area contributed by atoms with Crippen LogP contribution in [-0.4, -0.2) is 26.3 Å². The van der Waals surface area contributed by atoms with Crippen molar-refractivity contribution in [2.45, 2.75) is 11.9 Å². The van der Waals surface area contributed by atoms with Gasteiger partial charge in [0.25, 0.3) is 5.91 Å². The molecule has 5 nitrogen and oxygen atoms in total. The Morgan fingerprint density at radius 1 is 1.07 bits per heavy atom. The van der Waals surface area contributed by atoms with Gasteiger partial charge in [0.1, 0.15) is 5.75 Å². The summed E-state index contributed by atoms with van der Waals surface area (Å²) in [5.41, 5.74) is 2.00. The Morgan fingerprint density at radius 2 is 1.79 bits per heavy atom. The van der Waals surface area contributed by atoms with Gasteiger partial charge in [-0.3, -0.25) is 4.79 Å². The largest absolute Gasteiger partial charge is 0.416 e. The molecule has 0 aliphatic rings. The summed E-state index contributed by atoms with van der Waals surface area (Å²) in [5.74, 6) is -2.44. The Bertz CT molecular complexity index is 969. The maximum atomic E-state index is 12.7. The molecule has 2 aromatic rings. The number of halogens is 3. The highest BCUT2D eigenvalue weighted by atomic mass is 32.2. The van der Waals surface area contributed by atoms with Crippen LogP contribution in [0, 0.1) is 0 Å². The van der Waals surface area contributed by atoms with Crippen molar-refractivity contribution in [2.75, 3.05) is 5.75 Å². The molecule has 0 aliphatic heterocycles. The first-order valence-electron chi connectivity index (χ1n) is 8.06. The summed E-state index contributed by atoms with van der Waals surface area (Å²) in [6, 6.07) is 13.3.